The Morgan fingerprint density at radius 3 is 2.67 bits per heavy atom. The second kappa shape index (κ2) is 6.74. The Labute approximate surface area is 121 Å². The SMILES string of the molecule is CC(=O)OC[C@H]1C(=O)OCN1C(=O)OCc1ccccc1. The van der Waals surface area contributed by atoms with Gasteiger partial charge in [0.15, 0.2) is 12.8 Å². The molecular weight excluding hydrogens is 278 g/mol. The maximum absolute atomic E-state index is 12.0. The van der Waals surface area contributed by atoms with E-state index in [1.54, 1.807) is 0 Å². The van der Waals surface area contributed by atoms with E-state index in [1.807, 2.05) is 30.3 Å². The molecule has 1 amide bonds. The van der Waals surface area contributed by atoms with Crippen LogP contribution in [-0.2, 0) is 30.4 Å². The normalized spacial score (nSPS) is 17.3. The molecule has 1 fully saturated rings. The lowest BCUT2D eigenvalue weighted by atomic mass is 10.2. The maximum atomic E-state index is 12.0. The number of ether oxygens (including phenoxy) is 3. The molecule has 0 aliphatic carbocycles. The van der Waals surface area contributed by atoms with Gasteiger partial charge in [0.25, 0.3) is 0 Å². The lowest BCUT2D eigenvalue weighted by Crippen LogP contribution is -2.41. The van der Waals surface area contributed by atoms with Crippen molar-refractivity contribution in [3.05, 3.63) is 35.9 Å². The second-order valence-corrected chi connectivity index (χ2v) is 4.42. The molecule has 1 aromatic carbocycles. The summed E-state index contributed by atoms with van der Waals surface area (Å²) in [5, 5.41) is 0. The van der Waals surface area contributed by atoms with E-state index in [0.29, 0.717) is 0 Å². The van der Waals surface area contributed by atoms with Crippen molar-refractivity contribution in [3.8, 4) is 0 Å². The highest BCUT2D eigenvalue weighted by molar-refractivity contribution is 5.84. The minimum atomic E-state index is -0.961. The predicted octanol–water partition coefficient (Wildman–Crippen LogP) is 1.07. The number of hydrogen-bond donors (Lipinski definition) is 0. The third-order valence-corrected chi connectivity index (χ3v) is 2.88. The summed E-state index contributed by atoms with van der Waals surface area (Å²) in [6, 6.07) is 8.18. The van der Waals surface area contributed by atoms with E-state index in [-0.39, 0.29) is 19.9 Å². The molecule has 1 aliphatic heterocycles. The van der Waals surface area contributed by atoms with Crippen LogP contribution in [0.3, 0.4) is 0 Å². The van der Waals surface area contributed by atoms with Crippen LogP contribution in [0.2, 0.25) is 0 Å². The predicted molar refractivity (Wildman–Crippen MR) is 69.8 cm³/mol. The van der Waals surface area contributed by atoms with Crippen LogP contribution in [0.25, 0.3) is 0 Å². The summed E-state index contributed by atoms with van der Waals surface area (Å²) in [5.41, 5.74) is 0.828. The van der Waals surface area contributed by atoms with Crippen LogP contribution in [-0.4, -0.2) is 42.3 Å². The van der Waals surface area contributed by atoms with Gasteiger partial charge in [-0.25, -0.2) is 9.59 Å². The number of amides is 1. The van der Waals surface area contributed by atoms with E-state index in [4.69, 9.17) is 14.2 Å². The van der Waals surface area contributed by atoms with Gasteiger partial charge < -0.3 is 14.2 Å². The number of hydrogen-bond acceptors (Lipinski definition) is 6. The molecule has 1 atom stereocenters. The number of carbonyl (C=O) groups is 3. The van der Waals surface area contributed by atoms with Crippen molar-refractivity contribution in [2.45, 2.75) is 19.6 Å². The number of rotatable bonds is 4. The molecule has 0 bridgehead atoms. The molecule has 1 saturated heterocycles. The highest BCUT2D eigenvalue weighted by atomic mass is 16.6. The first-order valence-corrected chi connectivity index (χ1v) is 6.35. The largest absolute Gasteiger partial charge is 0.463 e. The van der Waals surface area contributed by atoms with Crippen LogP contribution in [0.15, 0.2) is 30.3 Å². The summed E-state index contributed by atoms with van der Waals surface area (Å²) in [6.45, 7) is 0.857. The Kier molecular flexibility index (Phi) is 4.76. The van der Waals surface area contributed by atoms with E-state index < -0.39 is 24.1 Å². The number of benzene rings is 1. The summed E-state index contributed by atoms with van der Waals surface area (Å²) in [7, 11) is 0. The Hall–Kier alpha value is -2.57. The van der Waals surface area contributed by atoms with Gasteiger partial charge in [-0.1, -0.05) is 30.3 Å². The van der Waals surface area contributed by atoms with Gasteiger partial charge in [0, 0.05) is 6.92 Å². The van der Waals surface area contributed by atoms with Crippen LogP contribution >= 0.6 is 0 Å². The fourth-order valence-corrected chi connectivity index (χ4v) is 1.78. The van der Waals surface area contributed by atoms with Crippen LogP contribution in [0.1, 0.15) is 12.5 Å². The van der Waals surface area contributed by atoms with Crippen LogP contribution < -0.4 is 0 Å². The Morgan fingerprint density at radius 2 is 2.00 bits per heavy atom. The summed E-state index contributed by atoms with van der Waals surface area (Å²) in [6.07, 6.45) is -0.693. The van der Waals surface area contributed by atoms with Gasteiger partial charge in [0.1, 0.15) is 13.2 Å². The highest BCUT2D eigenvalue weighted by Crippen LogP contribution is 2.14. The highest BCUT2D eigenvalue weighted by Gasteiger charge is 2.39. The van der Waals surface area contributed by atoms with E-state index >= 15 is 0 Å². The van der Waals surface area contributed by atoms with Gasteiger partial charge in [-0.15, -0.1) is 0 Å². The number of carbonyl (C=O) groups excluding carboxylic acids is 3. The van der Waals surface area contributed by atoms with E-state index in [1.165, 1.54) is 6.92 Å². The van der Waals surface area contributed by atoms with Gasteiger partial charge in [-0.05, 0) is 5.56 Å². The lowest BCUT2D eigenvalue weighted by molar-refractivity contribution is -0.145. The smallest absolute Gasteiger partial charge is 0.413 e. The molecule has 1 heterocycles. The summed E-state index contributed by atoms with van der Waals surface area (Å²) in [4.78, 5) is 35.3. The molecule has 7 heteroatoms. The second-order valence-electron chi connectivity index (χ2n) is 4.42. The molecule has 112 valence electrons. The Bertz CT molecular complexity index is 530. The summed E-state index contributed by atoms with van der Waals surface area (Å²) >= 11 is 0. The standard InChI is InChI=1S/C14H15NO6/c1-10(16)19-8-12-13(17)21-9-15(12)14(18)20-7-11-5-3-2-4-6-11/h2-6,12H,7-9H2,1H3/t12-/m0/s1. The van der Waals surface area contributed by atoms with E-state index in [0.717, 1.165) is 10.5 Å². The van der Waals surface area contributed by atoms with Crippen LogP contribution in [0, 0.1) is 0 Å². The topological polar surface area (TPSA) is 82.1 Å². The molecule has 1 aromatic rings. The van der Waals surface area contributed by atoms with Gasteiger partial charge in [-0.2, -0.15) is 0 Å². The molecule has 0 saturated carbocycles. The van der Waals surface area contributed by atoms with E-state index in [9.17, 15) is 14.4 Å². The monoisotopic (exact) mass is 293 g/mol. The maximum Gasteiger partial charge on any atom is 0.413 e. The van der Waals surface area contributed by atoms with Crippen molar-refractivity contribution in [3.63, 3.8) is 0 Å². The van der Waals surface area contributed by atoms with Gasteiger partial charge in [0.05, 0.1) is 0 Å². The molecule has 0 N–H and O–H groups in total. The Morgan fingerprint density at radius 1 is 1.29 bits per heavy atom. The van der Waals surface area contributed by atoms with Gasteiger partial charge in [0.2, 0.25) is 0 Å². The fourth-order valence-electron chi connectivity index (χ4n) is 1.78. The van der Waals surface area contributed by atoms with Crippen LogP contribution in [0.5, 0.6) is 0 Å². The molecular formula is C14H15NO6. The zero-order valence-electron chi connectivity index (χ0n) is 11.5. The molecule has 0 radical (unpaired) electrons. The average molecular weight is 293 g/mol. The van der Waals surface area contributed by atoms with Crippen molar-refractivity contribution >= 4 is 18.0 Å². The molecule has 0 aromatic heterocycles. The number of cyclic esters (lactones) is 1. The van der Waals surface area contributed by atoms with Crippen molar-refractivity contribution < 1.29 is 28.6 Å². The van der Waals surface area contributed by atoms with Gasteiger partial charge in [-0.3, -0.25) is 9.69 Å². The fraction of sp³-hybridized carbons (Fsp3) is 0.357. The average Bonchev–Trinajstić information content (AvgIpc) is 2.85. The molecule has 1 aliphatic rings. The first kappa shape index (κ1) is 14.8. The number of nitrogens with zero attached hydrogens (tertiary/aromatic N) is 1. The van der Waals surface area contributed by atoms with Crippen molar-refractivity contribution in [2.24, 2.45) is 0 Å². The lowest BCUT2D eigenvalue weighted by Gasteiger charge is -2.19. The zero-order chi connectivity index (χ0) is 15.2. The molecule has 21 heavy (non-hydrogen) atoms. The summed E-state index contributed by atoms with van der Waals surface area (Å²) in [5.74, 6) is -1.15. The third kappa shape index (κ3) is 3.95. The van der Waals surface area contributed by atoms with Crippen molar-refractivity contribution in [2.75, 3.05) is 13.3 Å². The third-order valence-electron chi connectivity index (χ3n) is 2.88. The Balaban J connectivity index is 1.91. The zero-order valence-corrected chi connectivity index (χ0v) is 11.5. The molecule has 2 rings (SSSR count). The first-order valence-electron chi connectivity index (χ1n) is 6.35. The molecule has 0 spiro atoms. The minimum Gasteiger partial charge on any atom is -0.463 e. The van der Waals surface area contributed by atoms with Gasteiger partial charge >= 0.3 is 18.0 Å². The molecule has 7 nitrogen and oxygen atoms in total. The number of esters is 2. The van der Waals surface area contributed by atoms with Crippen LogP contribution in [0.4, 0.5) is 4.79 Å². The van der Waals surface area contributed by atoms with Crippen molar-refractivity contribution in [1.29, 1.82) is 0 Å². The van der Waals surface area contributed by atoms with E-state index in [2.05, 4.69) is 0 Å². The minimum absolute atomic E-state index is 0.0879. The summed E-state index contributed by atoms with van der Waals surface area (Å²) < 4.78 is 14.6. The van der Waals surface area contributed by atoms with Crippen molar-refractivity contribution in [1.82, 2.24) is 4.90 Å². The quantitative estimate of drug-likeness (QED) is 0.610. The first-order chi connectivity index (χ1) is 10.1. The molecule has 0 unspecified atom stereocenters.